The number of esters is 1. The van der Waals surface area contributed by atoms with Gasteiger partial charge in [-0.3, -0.25) is 0 Å². The zero-order valence-electron chi connectivity index (χ0n) is 15.9. The molecule has 0 aromatic carbocycles. The van der Waals surface area contributed by atoms with Crippen molar-refractivity contribution in [1.29, 1.82) is 0 Å². The normalized spacial score (nSPS) is 23.8. The number of carbonyl (C=O) groups excluding carboxylic acids is 3. The van der Waals surface area contributed by atoms with E-state index in [2.05, 4.69) is 20.5 Å². The SMILES string of the molecule is COC(=O)[C@H](C(C)C)N(C)C(=O)N1CCCN(C(=O)[C@@H]2C[N]2[Tl][I])CC1. The maximum atomic E-state index is 12.9. The van der Waals surface area contributed by atoms with Gasteiger partial charge in [-0.15, -0.1) is 0 Å². The number of halogens is 1. The van der Waals surface area contributed by atoms with Gasteiger partial charge in [0.05, 0.1) is 7.11 Å². The molecule has 2 fully saturated rings. The third kappa shape index (κ3) is 5.21. The van der Waals surface area contributed by atoms with Crippen LogP contribution in [0.2, 0.25) is 0 Å². The molecule has 2 aliphatic rings. The van der Waals surface area contributed by atoms with E-state index in [0.717, 1.165) is 13.0 Å². The van der Waals surface area contributed by atoms with Crippen molar-refractivity contribution >= 4 is 55.9 Å². The van der Waals surface area contributed by atoms with Crippen molar-refractivity contribution in [2.75, 3.05) is 46.9 Å². The van der Waals surface area contributed by atoms with Crippen molar-refractivity contribution in [3.8, 4) is 0 Å². The zero-order chi connectivity index (χ0) is 19.4. The van der Waals surface area contributed by atoms with E-state index >= 15 is 0 Å². The molecule has 2 rings (SSSR count). The first-order valence-electron chi connectivity index (χ1n) is 8.89. The molecule has 0 aromatic rings. The second-order valence-electron chi connectivity index (χ2n) is 7.08. The van der Waals surface area contributed by atoms with Gasteiger partial charge in [0, 0.05) is 0 Å². The van der Waals surface area contributed by atoms with Crippen molar-refractivity contribution in [3.05, 3.63) is 0 Å². The summed E-state index contributed by atoms with van der Waals surface area (Å²) in [5, 5.41) is 0. The molecule has 0 aromatic heterocycles. The van der Waals surface area contributed by atoms with Crippen molar-refractivity contribution in [2.24, 2.45) is 5.92 Å². The number of rotatable bonds is 5. The first-order valence-corrected chi connectivity index (χ1v) is 23.5. The third-order valence-electron chi connectivity index (χ3n) is 4.93. The third-order valence-corrected chi connectivity index (χ3v) is 14.4. The van der Waals surface area contributed by atoms with Crippen LogP contribution in [0.3, 0.4) is 0 Å². The molecule has 3 amide bonds. The monoisotopic (exact) mass is 671 g/mol. The predicted octanol–water partition coefficient (Wildman–Crippen LogP) is 0.424. The topological polar surface area (TPSA) is 73.2 Å². The van der Waals surface area contributed by atoms with Gasteiger partial charge in [-0.1, -0.05) is 0 Å². The average Bonchev–Trinajstić information content (AvgIpc) is 3.42. The molecule has 145 valence electrons. The van der Waals surface area contributed by atoms with Gasteiger partial charge in [0.2, 0.25) is 0 Å². The van der Waals surface area contributed by atoms with Gasteiger partial charge in [0.15, 0.2) is 0 Å². The molecule has 2 aliphatic heterocycles. The molecule has 26 heavy (non-hydrogen) atoms. The summed E-state index contributed by atoms with van der Waals surface area (Å²) in [6, 6.07) is -0.680. The van der Waals surface area contributed by atoms with Gasteiger partial charge in [0.25, 0.3) is 0 Å². The molecule has 1 unspecified atom stereocenters. The van der Waals surface area contributed by atoms with Crippen molar-refractivity contribution in [3.63, 3.8) is 0 Å². The number of urea groups is 1. The van der Waals surface area contributed by atoms with E-state index in [1.54, 1.807) is 11.9 Å². The Hall–Kier alpha value is -0.178. The number of hydrogen-bond acceptors (Lipinski definition) is 5. The first kappa shape index (κ1) is 22.1. The second-order valence-corrected chi connectivity index (χ2v) is 15.3. The fraction of sp³-hybridized carbons (Fsp3) is 0.812. The molecular formula is C16H27IN4O4Tl. The van der Waals surface area contributed by atoms with Crippen LogP contribution in [-0.2, 0) is 14.3 Å². The number of likely N-dealkylation sites (N-methyl/N-ethyl adjacent to an activating group) is 1. The van der Waals surface area contributed by atoms with Crippen LogP contribution in [0.15, 0.2) is 0 Å². The summed E-state index contributed by atoms with van der Waals surface area (Å²) < 4.78 is 7.18. The molecular weight excluding hydrogens is 643 g/mol. The Bertz CT molecular complexity index is 550. The molecule has 0 saturated carbocycles. The molecule has 2 saturated heterocycles. The number of nitrogens with zero attached hydrogens (tertiary/aromatic N) is 4. The van der Waals surface area contributed by atoms with Gasteiger partial charge in [0.1, 0.15) is 0 Å². The van der Waals surface area contributed by atoms with E-state index < -0.39 is 32.3 Å². The van der Waals surface area contributed by atoms with Crippen molar-refractivity contribution in [1.82, 2.24) is 17.4 Å². The standard InChI is InChI=1S/C16H27N4O4.HI.Tl/c1-11(2)13(15(22)24-4)18(3)16(23)20-7-5-6-19(8-9-20)14(21)12-10-17-12;;/h11-13H,5-10H2,1-4H3;1H;/q-1;;+2/p-1/t12-,13-;;/m0../s1. The molecule has 0 bridgehead atoms. The van der Waals surface area contributed by atoms with Crippen LogP contribution in [0.1, 0.15) is 20.3 Å². The fourth-order valence-electron chi connectivity index (χ4n) is 3.36. The summed E-state index contributed by atoms with van der Waals surface area (Å²) >= 11 is 1.60. The number of hydrogen-bond donors (Lipinski definition) is 0. The van der Waals surface area contributed by atoms with Crippen LogP contribution >= 0.6 is 17.8 Å². The van der Waals surface area contributed by atoms with Gasteiger partial charge in [-0.05, 0) is 0 Å². The Balaban J connectivity index is 1.96. The van der Waals surface area contributed by atoms with Crippen molar-refractivity contribution < 1.29 is 19.1 Å². The average molecular weight is 671 g/mol. The van der Waals surface area contributed by atoms with Crippen LogP contribution in [0.25, 0.3) is 0 Å². The summed E-state index contributed by atoms with van der Waals surface area (Å²) in [5.74, 6) is -0.224. The predicted molar refractivity (Wildman–Crippen MR) is 107 cm³/mol. The Labute approximate surface area is 176 Å². The number of ether oxygens (including phenoxy) is 1. The summed E-state index contributed by atoms with van der Waals surface area (Å²) in [6.07, 6.45) is 0.760. The Morgan fingerprint density at radius 1 is 1.15 bits per heavy atom. The molecule has 10 heteroatoms. The van der Waals surface area contributed by atoms with Crippen molar-refractivity contribution in [2.45, 2.75) is 32.4 Å². The summed E-state index contributed by atoms with van der Waals surface area (Å²) in [7, 11) is 2.99. The molecule has 3 atom stereocenters. The molecule has 0 N–H and O–H groups in total. The minimum absolute atomic E-state index is 0.0400. The second kappa shape index (κ2) is 9.85. The quantitative estimate of drug-likeness (QED) is 0.184. The number of amides is 3. The van der Waals surface area contributed by atoms with Gasteiger partial charge in [-0.2, -0.15) is 0 Å². The van der Waals surface area contributed by atoms with E-state index in [9.17, 15) is 14.4 Å². The molecule has 0 radical (unpaired) electrons. The van der Waals surface area contributed by atoms with E-state index in [-0.39, 0.29) is 23.9 Å². The molecule has 2 heterocycles. The van der Waals surface area contributed by atoms with Crippen LogP contribution < -0.4 is 0 Å². The van der Waals surface area contributed by atoms with E-state index in [0.29, 0.717) is 26.2 Å². The van der Waals surface area contributed by atoms with Gasteiger partial charge >= 0.3 is 170 Å². The summed E-state index contributed by atoms with van der Waals surface area (Å²) in [4.78, 5) is 42.6. The van der Waals surface area contributed by atoms with Gasteiger partial charge < -0.3 is 0 Å². The zero-order valence-corrected chi connectivity index (χ0v) is 22.5. The maximum absolute atomic E-state index is 12.9. The van der Waals surface area contributed by atoms with Crippen LogP contribution in [0.5, 0.6) is 0 Å². The summed E-state index contributed by atoms with van der Waals surface area (Å²) in [6.45, 7) is 7.07. The van der Waals surface area contributed by atoms with Gasteiger partial charge in [-0.25, -0.2) is 0 Å². The first-order chi connectivity index (χ1) is 12.3. The Morgan fingerprint density at radius 2 is 1.77 bits per heavy atom. The minimum atomic E-state index is -0.874. The Morgan fingerprint density at radius 3 is 2.31 bits per heavy atom. The van der Waals surface area contributed by atoms with Crippen LogP contribution in [0.4, 0.5) is 4.79 Å². The van der Waals surface area contributed by atoms with Crippen LogP contribution in [0, 0.1) is 5.92 Å². The van der Waals surface area contributed by atoms with E-state index in [1.807, 2.05) is 18.7 Å². The van der Waals surface area contributed by atoms with Crippen LogP contribution in [-0.4, -0.2) is 115 Å². The molecule has 0 spiro atoms. The number of carbonyl (C=O) groups is 3. The fourth-order valence-corrected chi connectivity index (χ4v) is 10.9. The van der Waals surface area contributed by atoms with E-state index in [4.69, 9.17) is 4.74 Å². The molecule has 8 nitrogen and oxygen atoms in total. The van der Waals surface area contributed by atoms with E-state index in [1.165, 1.54) is 12.0 Å². The summed E-state index contributed by atoms with van der Waals surface area (Å²) in [5.41, 5.74) is 0. The number of methoxy groups -OCH3 is 1. The Kier molecular flexibility index (Phi) is 8.38. The molecule has 0 aliphatic carbocycles.